The van der Waals surface area contributed by atoms with Gasteiger partial charge in [-0.2, -0.15) is 0 Å². The van der Waals surface area contributed by atoms with Gasteiger partial charge in [-0.1, -0.05) is 44.5 Å². The maximum Gasteiger partial charge on any atom is 0.0914 e. The van der Waals surface area contributed by atoms with Crippen LogP contribution in [0.3, 0.4) is 0 Å². The van der Waals surface area contributed by atoms with E-state index in [2.05, 4.69) is 37.4 Å². The summed E-state index contributed by atoms with van der Waals surface area (Å²) in [4.78, 5) is 0. The largest absolute Gasteiger partial charge is 0.387 e. The van der Waals surface area contributed by atoms with Gasteiger partial charge in [0.2, 0.25) is 0 Å². The number of hydrogen-bond donors (Lipinski definition) is 2. The number of aliphatic hydroxyl groups is 1. The molecule has 1 aliphatic carbocycles. The molecule has 1 saturated carbocycles. The Bertz CT molecular complexity index is 371. The molecule has 2 rings (SSSR count). The molecular weight excluding hydrogens is 222 g/mol. The fourth-order valence-corrected chi connectivity index (χ4v) is 2.39. The third-order valence-corrected chi connectivity index (χ3v) is 3.76. The Balaban J connectivity index is 1.90. The SMILES string of the molecule is CC(C)CNCC(O)c1cccc(C2CCC2)c1. The molecule has 0 aromatic heterocycles. The Hall–Kier alpha value is -0.860. The number of nitrogens with one attached hydrogen (secondary N) is 1. The quantitative estimate of drug-likeness (QED) is 0.809. The molecule has 0 saturated heterocycles. The van der Waals surface area contributed by atoms with Crippen molar-refractivity contribution >= 4 is 0 Å². The van der Waals surface area contributed by atoms with E-state index in [9.17, 15) is 5.11 Å². The van der Waals surface area contributed by atoms with E-state index < -0.39 is 0 Å². The summed E-state index contributed by atoms with van der Waals surface area (Å²) in [5, 5.41) is 13.5. The molecule has 2 N–H and O–H groups in total. The van der Waals surface area contributed by atoms with Gasteiger partial charge in [-0.3, -0.25) is 0 Å². The van der Waals surface area contributed by atoms with Gasteiger partial charge >= 0.3 is 0 Å². The van der Waals surface area contributed by atoms with Crippen molar-refractivity contribution in [3.8, 4) is 0 Å². The highest BCUT2D eigenvalue weighted by atomic mass is 16.3. The van der Waals surface area contributed by atoms with E-state index in [0.717, 1.165) is 18.0 Å². The van der Waals surface area contributed by atoms with E-state index in [1.807, 2.05) is 6.07 Å². The number of aliphatic hydroxyl groups excluding tert-OH is 1. The lowest BCUT2D eigenvalue weighted by molar-refractivity contribution is 0.173. The van der Waals surface area contributed by atoms with Gasteiger partial charge in [0.15, 0.2) is 0 Å². The summed E-state index contributed by atoms with van der Waals surface area (Å²) in [6, 6.07) is 8.49. The average molecular weight is 247 g/mol. The van der Waals surface area contributed by atoms with Crippen LogP contribution >= 0.6 is 0 Å². The lowest BCUT2D eigenvalue weighted by Crippen LogP contribution is -2.25. The monoisotopic (exact) mass is 247 g/mol. The molecule has 0 amide bonds. The van der Waals surface area contributed by atoms with Gasteiger partial charge in [0.05, 0.1) is 6.10 Å². The Morgan fingerprint density at radius 2 is 2.06 bits per heavy atom. The molecule has 1 aliphatic rings. The molecule has 0 spiro atoms. The van der Waals surface area contributed by atoms with Crippen LogP contribution in [-0.2, 0) is 0 Å². The zero-order chi connectivity index (χ0) is 13.0. The van der Waals surface area contributed by atoms with Gasteiger partial charge < -0.3 is 10.4 Å². The zero-order valence-corrected chi connectivity index (χ0v) is 11.5. The van der Waals surface area contributed by atoms with Crippen LogP contribution in [0.2, 0.25) is 0 Å². The predicted molar refractivity (Wildman–Crippen MR) is 75.7 cm³/mol. The van der Waals surface area contributed by atoms with Crippen LogP contribution in [-0.4, -0.2) is 18.2 Å². The summed E-state index contributed by atoms with van der Waals surface area (Å²) in [6.07, 6.45) is 3.59. The lowest BCUT2D eigenvalue weighted by Gasteiger charge is -2.26. The van der Waals surface area contributed by atoms with Gasteiger partial charge in [0.1, 0.15) is 0 Å². The lowest BCUT2D eigenvalue weighted by atomic mass is 9.79. The summed E-state index contributed by atoms with van der Waals surface area (Å²) >= 11 is 0. The first kappa shape index (κ1) is 13.6. The van der Waals surface area contributed by atoms with Crippen molar-refractivity contribution in [2.75, 3.05) is 13.1 Å². The van der Waals surface area contributed by atoms with Crippen molar-refractivity contribution in [3.05, 3.63) is 35.4 Å². The fraction of sp³-hybridized carbons (Fsp3) is 0.625. The molecule has 100 valence electrons. The molecule has 18 heavy (non-hydrogen) atoms. The maximum atomic E-state index is 10.2. The first-order valence-corrected chi connectivity index (χ1v) is 7.15. The molecule has 1 aromatic carbocycles. The summed E-state index contributed by atoms with van der Waals surface area (Å²) in [5.74, 6) is 1.36. The fourth-order valence-electron chi connectivity index (χ4n) is 2.39. The average Bonchev–Trinajstić information content (AvgIpc) is 2.26. The maximum absolute atomic E-state index is 10.2. The Morgan fingerprint density at radius 3 is 2.67 bits per heavy atom. The minimum absolute atomic E-state index is 0.385. The predicted octanol–water partition coefficient (Wildman–Crippen LogP) is 3.23. The van der Waals surface area contributed by atoms with Crippen molar-refractivity contribution in [3.63, 3.8) is 0 Å². The van der Waals surface area contributed by atoms with Crippen molar-refractivity contribution in [1.82, 2.24) is 5.32 Å². The van der Waals surface area contributed by atoms with Crippen LogP contribution in [0.25, 0.3) is 0 Å². The Morgan fingerprint density at radius 1 is 1.28 bits per heavy atom. The molecule has 1 fully saturated rings. The number of hydrogen-bond acceptors (Lipinski definition) is 2. The van der Waals surface area contributed by atoms with Crippen molar-refractivity contribution in [1.29, 1.82) is 0 Å². The second kappa shape index (κ2) is 6.35. The van der Waals surface area contributed by atoms with E-state index in [4.69, 9.17) is 0 Å². The second-order valence-corrected chi connectivity index (χ2v) is 5.87. The molecule has 0 radical (unpaired) electrons. The highest BCUT2D eigenvalue weighted by Crippen LogP contribution is 2.36. The zero-order valence-electron chi connectivity index (χ0n) is 11.5. The van der Waals surface area contributed by atoms with Crippen LogP contribution in [0.15, 0.2) is 24.3 Å². The minimum Gasteiger partial charge on any atom is -0.387 e. The van der Waals surface area contributed by atoms with Gasteiger partial charge in [0, 0.05) is 6.54 Å². The van der Waals surface area contributed by atoms with Crippen LogP contribution in [0.5, 0.6) is 0 Å². The Labute approximate surface area is 110 Å². The summed E-state index contributed by atoms with van der Waals surface area (Å²) in [6.45, 7) is 5.96. The molecule has 0 heterocycles. The van der Waals surface area contributed by atoms with Crippen LogP contribution in [0.4, 0.5) is 0 Å². The van der Waals surface area contributed by atoms with E-state index in [1.54, 1.807) is 0 Å². The third kappa shape index (κ3) is 3.56. The van der Waals surface area contributed by atoms with E-state index in [-0.39, 0.29) is 6.10 Å². The first-order valence-electron chi connectivity index (χ1n) is 7.15. The van der Waals surface area contributed by atoms with Crippen molar-refractivity contribution in [2.45, 2.75) is 45.1 Å². The molecule has 1 atom stereocenters. The highest BCUT2D eigenvalue weighted by molar-refractivity contribution is 5.29. The third-order valence-electron chi connectivity index (χ3n) is 3.76. The second-order valence-electron chi connectivity index (χ2n) is 5.87. The first-order chi connectivity index (χ1) is 8.66. The van der Waals surface area contributed by atoms with Crippen LogP contribution in [0.1, 0.15) is 56.3 Å². The molecule has 0 aliphatic heterocycles. The van der Waals surface area contributed by atoms with Crippen LogP contribution in [0, 0.1) is 5.92 Å². The van der Waals surface area contributed by atoms with Gasteiger partial charge in [0.25, 0.3) is 0 Å². The number of benzene rings is 1. The molecule has 1 aromatic rings. The molecule has 1 unspecified atom stereocenters. The molecule has 2 heteroatoms. The van der Waals surface area contributed by atoms with Crippen molar-refractivity contribution in [2.24, 2.45) is 5.92 Å². The standard InChI is InChI=1S/C16H25NO/c1-12(2)10-17-11-16(18)15-8-4-7-14(9-15)13-5-3-6-13/h4,7-9,12-13,16-18H,3,5-6,10-11H2,1-2H3. The van der Waals surface area contributed by atoms with E-state index in [1.165, 1.54) is 24.8 Å². The Kier molecular flexibility index (Phi) is 4.79. The van der Waals surface area contributed by atoms with E-state index in [0.29, 0.717) is 12.5 Å². The topological polar surface area (TPSA) is 32.3 Å². The smallest absolute Gasteiger partial charge is 0.0914 e. The molecule has 0 bridgehead atoms. The van der Waals surface area contributed by atoms with Crippen molar-refractivity contribution < 1.29 is 5.11 Å². The van der Waals surface area contributed by atoms with Gasteiger partial charge in [-0.05, 0) is 42.3 Å². The summed E-state index contributed by atoms with van der Waals surface area (Å²) in [5.41, 5.74) is 2.46. The summed E-state index contributed by atoms with van der Waals surface area (Å²) < 4.78 is 0. The summed E-state index contributed by atoms with van der Waals surface area (Å²) in [7, 11) is 0. The highest BCUT2D eigenvalue weighted by Gasteiger charge is 2.20. The molecular formula is C16H25NO. The van der Waals surface area contributed by atoms with E-state index >= 15 is 0 Å². The molecule has 2 nitrogen and oxygen atoms in total. The van der Waals surface area contributed by atoms with Gasteiger partial charge in [-0.15, -0.1) is 0 Å². The number of rotatable bonds is 6. The van der Waals surface area contributed by atoms with Gasteiger partial charge in [-0.25, -0.2) is 0 Å². The van der Waals surface area contributed by atoms with Crippen LogP contribution < -0.4 is 5.32 Å². The normalized spacial score (nSPS) is 17.8. The minimum atomic E-state index is -0.385.